The molecule has 24 heavy (non-hydrogen) atoms. The Balaban J connectivity index is 2.31. The largest absolute Gasteiger partial charge is 0.507 e. The molecule has 2 N–H and O–H groups in total. The van der Waals surface area contributed by atoms with Gasteiger partial charge in [0.05, 0.1) is 0 Å². The maximum absolute atomic E-state index is 10.2. The van der Waals surface area contributed by atoms with Gasteiger partial charge in [-0.3, -0.25) is 0 Å². The molecule has 0 radical (unpaired) electrons. The molecule has 2 nitrogen and oxygen atoms in total. The smallest absolute Gasteiger partial charge is 0.126 e. The highest BCUT2D eigenvalue weighted by molar-refractivity contribution is 5.62. The van der Waals surface area contributed by atoms with Gasteiger partial charge in [-0.1, -0.05) is 60.0 Å². The Bertz CT molecular complexity index is 775. The van der Waals surface area contributed by atoms with Crippen LogP contribution in [0.3, 0.4) is 0 Å². The number of hydrogen-bond donors (Lipinski definition) is 2. The second kappa shape index (κ2) is 8.45. The summed E-state index contributed by atoms with van der Waals surface area (Å²) in [5, 5.41) is 20.3. The van der Waals surface area contributed by atoms with Gasteiger partial charge in [-0.15, -0.1) is 13.2 Å². The van der Waals surface area contributed by atoms with E-state index in [1.54, 1.807) is 36.4 Å². The summed E-state index contributed by atoms with van der Waals surface area (Å²) in [6, 6.07) is 11.1. The van der Waals surface area contributed by atoms with Crippen molar-refractivity contribution in [1.29, 1.82) is 0 Å². The quantitative estimate of drug-likeness (QED) is 0.579. The lowest BCUT2D eigenvalue weighted by Crippen LogP contribution is -1.84. The summed E-state index contributed by atoms with van der Waals surface area (Å²) in [5.41, 5.74) is 8.75. The van der Waals surface area contributed by atoms with Crippen LogP contribution in [0.4, 0.5) is 0 Å². The van der Waals surface area contributed by atoms with E-state index in [1.807, 2.05) is 24.3 Å². The van der Waals surface area contributed by atoms with Crippen LogP contribution in [0.25, 0.3) is 12.2 Å². The first-order valence-electron chi connectivity index (χ1n) is 7.68. The molecule has 0 atom stereocenters. The van der Waals surface area contributed by atoms with E-state index >= 15 is 0 Å². The van der Waals surface area contributed by atoms with Crippen LogP contribution in [0.2, 0.25) is 0 Å². The predicted molar refractivity (Wildman–Crippen MR) is 100.0 cm³/mol. The van der Waals surface area contributed by atoms with Crippen molar-refractivity contribution in [2.75, 3.05) is 0 Å². The summed E-state index contributed by atoms with van der Waals surface area (Å²) in [6.07, 6.45) is 8.02. The molecule has 0 aliphatic carbocycles. The average Bonchev–Trinajstić information content (AvgIpc) is 2.58. The minimum atomic E-state index is 0.225. The van der Waals surface area contributed by atoms with Gasteiger partial charge in [-0.05, 0) is 36.1 Å². The van der Waals surface area contributed by atoms with E-state index in [9.17, 15) is 10.2 Å². The Kier molecular flexibility index (Phi) is 6.05. The van der Waals surface area contributed by atoms with Gasteiger partial charge >= 0.3 is 0 Å². The minimum Gasteiger partial charge on any atom is -0.507 e. The zero-order valence-electron chi connectivity index (χ0n) is 13.5. The van der Waals surface area contributed by atoms with E-state index in [0.717, 1.165) is 11.1 Å². The number of para-hydroxylation sites is 2. The van der Waals surface area contributed by atoms with Gasteiger partial charge in [0.25, 0.3) is 0 Å². The molecule has 0 amide bonds. The van der Waals surface area contributed by atoms with Crippen LogP contribution in [-0.4, -0.2) is 10.2 Å². The van der Waals surface area contributed by atoms with Crippen molar-refractivity contribution in [2.45, 2.75) is 12.8 Å². The van der Waals surface area contributed by atoms with Crippen molar-refractivity contribution in [2.24, 2.45) is 0 Å². The highest BCUT2D eigenvalue weighted by atomic mass is 16.3. The van der Waals surface area contributed by atoms with Crippen molar-refractivity contribution < 1.29 is 10.2 Å². The Morgan fingerprint density at radius 3 is 1.54 bits per heavy atom. The fourth-order valence-corrected chi connectivity index (χ4v) is 2.33. The van der Waals surface area contributed by atoms with Crippen LogP contribution in [-0.2, 0) is 12.8 Å². The van der Waals surface area contributed by atoms with Crippen molar-refractivity contribution in [3.63, 3.8) is 0 Å². The Labute approximate surface area is 142 Å². The van der Waals surface area contributed by atoms with Gasteiger partial charge in [0.2, 0.25) is 0 Å². The summed E-state index contributed by atoms with van der Waals surface area (Å²) >= 11 is 0. The van der Waals surface area contributed by atoms with Crippen LogP contribution >= 0.6 is 0 Å². The molecule has 0 aromatic heterocycles. The third-order valence-electron chi connectivity index (χ3n) is 3.57. The highest BCUT2D eigenvalue weighted by Crippen LogP contribution is 2.25. The first-order chi connectivity index (χ1) is 11.7. The zero-order chi connectivity index (χ0) is 17.4. The van der Waals surface area contributed by atoms with E-state index in [1.165, 1.54) is 0 Å². The Morgan fingerprint density at radius 1 is 0.750 bits per heavy atom. The topological polar surface area (TPSA) is 40.5 Å². The van der Waals surface area contributed by atoms with Crippen LogP contribution in [0.15, 0.2) is 73.2 Å². The molecule has 0 spiro atoms. The van der Waals surface area contributed by atoms with E-state index in [2.05, 4.69) is 24.6 Å². The molecule has 0 bridgehead atoms. The van der Waals surface area contributed by atoms with E-state index in [4.69, 9.17) is 0 Å². The normalized spacial score (nSPS) is 9.50. The average molecular weight is 316 g/mol. The molecule has 2 heteroatoms. The highest BCUT2D eigenvalue weighted by Gasteiger charge is 2.03. The Hall–Kier alpha value is -3.18. The molecular formula is C22H20O2. The zero-order valence-corrected chi connectivity index (χ0v) is 13.5. The summed E-state index contributed by atoms with van der Waals surface area (Å²) < 4.78 is 0. The standard InChI is InChI=1S/C22H20O2/c1-3-9-17-13-7-15-19(21(17)23)11-5-6-12-20-16-8-14-18(10-4-2)22(20)24/h3-4,7-8,11-16,23-24H,1-2,9-10H2. The third-order valence-corrected chi connectivity index (χ3v) is 3.57. The van der Waals surface area contributed by atoms with E-state index < -0.39 is 0 Å². The number of aromatic hydroxyl groups is 2. The number of rotatable bonds is 6. The van der Waals surface area contributed by atoms with Crippen LogP contribution in [0, 0.1) is 0 Å². The lowest BCUT2D eigenvalue weighted by atomic mass is 10.1. The molecule has 0 fully saturated rings. The van der Waals surface area contributed by atoms with Gasteiger partial charge in [0.1, 0.15) is 11.5 Å². The second-order valence-electron chi connectivity index (χ2n) is 5.27. The van der Waals surface area contributed by atoms with Crippen LogP contribution in [0.1, 0.15) is 22.3 Å². The van der Waals surface area contributed by atoms with E-state index in [-0.39, 0.29) is 11.5 Å². The monoisotopic (exact) mass is 316 g/mol. The summed E-state index contributed by atoms with van der Waals surface area (Å²) in [5.74, 6) is 0.449. The first kappa shape index (κ1) is 17.2. The van der Waals surface area contributed by atoms with Gasteiger partial charge < -0.3 is 10.2 Å². The second-order valence-corrected chi connectivity index (χ2v) is 5.27. The summed E-state index contributed by atoms with van der Waals surface area (Å²) in [4.78, 5) is 0. The van der Waals surface area contributed by atoms with Gasteiger partial charge in [-0.2, -0.15) is 0 Å². The molecule has 120 valence electrons. The molecule has 2 aromatic carbocycles. The minimum absolute atomic E-state index is 0.225. The molecule has 0 aliphatic heterocycles. The number of hydrogen-bond acceptors (Lipinski definition) is 2. The summed E-state index contributed by atoms with van der Waals surface area (Å²) in [7, 11) is 0. The number of allylic oxidation sites excluding steroid dienone is 2. The van der Waals surface area contributed by atoms with Crippen LogP contribution in [0.5, 0.6) is 11.5 Å². The molecule has 0 unspecified atom stereocenters. The first-order valence-corrected chi connectivity index (χ1v) is 7.68. The third kappa shape index (κ3) is 4.18. The van der Waals surface area contributed by atoms with Gasteiger partial charge in [0.15, 0.2) is 0 Å². The number of benzene rings is 2. The van der Waals surface area contributed by atoms with Gasteiger partial charge in [0, 0.05) is 11.1 Å². The maximum Gasteiger partial charge on any atom is 0.126 e. The number of phenolic OH excluding ortho intramolecular Hbond substituents is 2. The lowest BCUT2D eigenvalue weighted by molar-refractivity contribution is 0.468. The van der Waals surface area contributed by atoms with Crippen molar-refractivity contribution in [1.82, 2.24) is 0 Å². The SMILES string of the molecule is C=CCc1cccc(C=C=C=Cc2cccc(CC=C)c2O)c1O. The molecule has 0 saturated carbocycles. The van der Waals surface area contributed by atoms with E-state index in [0.29, 0.717) is 24.0 Å². The lowest BCUT2D eigenvalue weighted by Gasteiger charge is -2.04. The molecule has 0 saturated heterocycles. The van der Waals surface area contributed by atoms with Crippen molar-refractivity contribution in [3.05, 3.63) is 95.4 Å². The van der Waals surface area contributed by atoms with Gasteiger partial charge in [-0.25, -0.2) is 0 Å². The fourth-order valence-electron chi connectivity index (χ4n) is 2.33. The molecule has 2 aromatic rings. The van der Waals surface area contributed by atoms with Crippen molar-refractivity contribution >= 4 is 12.2 Å². The van der Waals surface area contributed by atoms with Crippen LogP contribution < -0.4 is 0 Å². The molecule has 0 heterocycles. The predicted octanol–water partition coefficient (Wildman–Crippen LogP) is 5.04. The maximum atomic E-state index is 10.2. The summed E-state index contributed by atoms with van der Waals surface area (Å²) in [6.45, 7) is 7.36. The fraction of sp³-hybridized carbons (Fsp3) is 0.0909. The molecule has 0 aliphatic rings. The molecule has 2 rings (SSSR count). The molecular weight excluding hydrogens is 296 g/mol. The Morgan fingerprint density at radius 2 is 1.17 bits per heavy atom. The number of phenols is 2. The van der Waals surface area contributed by atoms with Crippen molar-refractivity contribution in [3.8, 4) is 11.5 Å².